The van der Waals surface area contributed by atoms with Crippen molar-refractivity contribution < 1.29 is 13.5 Å². The van der Waals surface area contributed by atoms with Gasteiger partial charge in [0.1, 0.15) is 0 Å². The first-order chi connectivity index (χ1) is 8.88. The Balaban J connectivity index is 1.94. The fraction of sp³-hybridized carbons (Fsp3) is 0.727. The highest BCUT2D eigenvalue weighted by atomic mass is 32.2. The second-order valence-corrected chi connectivity index (χ2v) is 7.39. The zero-order valence-electron chi connectivity index (χ0n) is 11.2. The first-order valence-corrected chi connectivity index (χ1v) is 7.77. The Labute approximate surface area is 113 Å². The van der Waals surface area contributed by atoms with Crippen LogP contribution in [0.5, 0.6) is 0 Å². The maximum atomic E-state index is 11.8. The van der Waals surface area contributed by atoms with Gasteiger partial charge < -0.3 is 10.1 Å². The number of rotatable bonds is 5. The second kappa shape index (κ2) is 5.58. The van der Waals surface area contributed by atoms with Crippen molar-refractivity contribution in [2.45, 2.75) is 12.6 Å². The topological polar surface area (TPSA) is 89.5 Å². The molecule has 2 atom stereocenters. The molecule has 7 nitrogen and oxygen atoms in total. The predicted molar refractivity (Wildman–Crippen MR) is 70.8 cm³/mol. The van der Waals surface area contributed by atoms with Crippen LogP contribution in [0.3, 0.4) is 0 Å². The van der Waals surface area contributed by atoms with E-state index in [0.717, 1.165) is 5.69 Å². The third kappa shape index (κ3) is 3.53. The van der Waals surface area contributed by atoms with Crippen LogP contribution in [-0.4, -0.2) is 71.7 Å². The summed E-state index contributed by atoms with van der Waals surface area (Å²) < 4.78 is 24.9. The van der Waals surface area contributed by atoms with Gasteiger partial charge in [0, 0.05) is 51.5 Å². The number of aliphatic hydroxyl groups is 1. The van der Waals surface area contributed by atoms with Gasteiger partial charge in [0.05, 0.1) is 18.2 Å². The second-order valence-electron chi connectivity index (χ2n) is 5.16. The minimum absolute atomic E-state index is 0.0133. The SMILES string of the molecule is CN(C)S(=O)(=O)C[C@@H]1CN(Cc2cnc[nH]2)C[C@H]1O. The summed E-state index contributed by atoms with van der Waals surface area (Å²) in [6.07, 6.45) is 2.74. The Morgan fingerprint density at radius 3 is 2.84 bits per heavy atom. The first-order valence-electron chi connectivity index (χ1n) is 6.16. The van der Waals surface area contributed by atoms with Crippen LogP contribution in [0.25, 0.3) is 0 Å². The largest absolute Gasteiger partial charge is 0.391 e. The molecule has 0 aliphatic carbocycles. The molecule has 0 aromatic carbocycles. The molecular formula is C11H20N4O3S. The zero-order valence-corrected chi connectivity index (χ0v) is 12.0. The van der Waals surface area contributed by atoms with Gasteiger partial charge in [-0.15, -0.1) is 0 Å². The lowest BCUT2D eigenvalue weighted by Crippen LogP contribution is -2.33. The zero-order chi connectivity index (χ0) is 14.0. The van der Waals surface area contributed by atoms with Gasteiger partial charge in [-0.05, 0) is 0 Å². The minimum atomic E-state index is -3.27. The van der Waals surface area contributed by atoms with E-state index in [-0.39, 0.29) is 11.7 Å². The Morgan fingerprint density at radius 1 is 1.53 bits per heavy atom. The summed E-state index contributed by atoms with van der Waals surface area (Å²) in [5, 5.41) is 9.98. The quantitative estimate of drug-likeness (QED) is 0.732. The molecule has 1 saturated heterocycles. The molecule has 8 heteroatoms. The number of aromatic amines is 1. The number of β-amino-alcohol motifs (C(OH)–C–C–N with tert-alkyl or cyclic N) is 1. The van der Waals surface area contributed by atoms with Gasteiger partial charge in [0.15, 0.2) is 0 Å². The average molecular weight is 288 g/mol. The van der Waals surface area contributed by atoms with Gasteiger partial charge in [0.2, 0.25) is 10.0 Å². The molecule has 19 heavy (non-hydrogen) atoms. The number of hydrogen-bond donors (Lipinski definition) is 2. The highest BCUT2D eigenvalue weighted by molar-refractivity contribution is 7.89. The van der Waals surface area contributed by atoms with Gasteiger partial charge in [-0.3, -0.25) is 4.90 Å². The molecule has 1 aromatic heterocycles. The number of hydrogen-bond acceptors (Lipinski definition) is 5. The lowest BCUT2D eigenvalue weighted by molar-refractivity contribution is 0.148. The number of likely N-dealkylation sites (tertiary alicyclic amines) is 1. The van der Waals surface area contributed by atoms with Crippen molar-refractivity contribution in [3.05, 3.63) is 18.2 Å². The molecule has 1 aliphatic rings. The molecule has 2 N–H and O–H groups in total. The molecule has 0 bridgehead atoms. The first kappa shape index (κ1) is 14.4. The van der Waals surface area contributed by atoms with Crippen LogP contribution in [0.15, 0.2) is 12.5 Å². The maximum Gasteiger partial charge on any atom is 0.214 e. The molecular weight excluding hydrogens is 268 g/mol. The highest BCUT2D eigenvalue weighted by Crippen LogP contribution is 2.21. The van der Waals surface area contributed by atoms with E-state index >= 15 is 0 Å². The number of aliphatic hydroxyl groups excluding tert-OH is 1. The van der Waals surface area contributed by atoms with Crippen molar-refractivity contribution in [2.75, 3.05) is 32.9 Å². The fourth-order valence-electron chi connectivity index (χ4n) is 2.27. The maximum absolute atomic E-state index is 11.8. The van der Waals surface area contributed by atoms with Gasteiger partial charge in [-0.25, -0.2) is 17.7 Å². The molecule has 0 spiro atoms. The van der Waals surface area contributed by atoms with E-state index in [0.29, 0.717) is 19.6 Å². The molecule has 2 rings (SSSR count). The van der Waals surface area contributed by atoms with Crippen LogP contribution in [0.2, 0.25) is 0 Å². The van der Waals surface area contributed by atoms with Crippen molar-refractivity contribution in [3.63, 3.8) is 0 Å². The number of nitrogens with one attached hydrogen (secondary N) is 1. The van der Waals surface area contributed by atoms with Gasteiger partial charge >= 0.3 is 0 Å². The van der Waals surface area contributed by atoms with E-state index in [1.807, 2.05) is 4.90 Å². The van der Waals surface area contributed by atoms with Crippen LogP contribution in [0.4, 0.5) is 0 Å². The number of H-pyrrole nitrogens is 1. The van der Waals surface area contributed by atoms with Gasteiger partial charge in [0.25, 0.3) is 0 Å². The van der Waals surface area contributed by atoms with E-state index < -0.39 is 16.1 Å². The van der Waals surface area contributed by atoms with Crippen LogP contribution in [-0.2, 0) is 16.6 Å². The van der Waals surface area contributed by atoms with Crippen LogP contribution >= 0.6 is 0 Å². The number of imidazole rings is 1. The van der Waals surface area contributed by atoms with Crippen molar-refractivity contribution in [2.24, 2.45) is 5.92 Å². The molecule has 1 fully saturated rings. The minimum Gasteiger partial charge on any atom is -0.391 e. The Hall–Kier alpha value is -0.960. The summed E-state index contributed by atoms with van der Waals surface area (Å²) in [6.45, 7) is 1.72. The highest BCUT2D eigenvalue weighted by Gasteiger charge is 2.35. The molecule has 108 valence electrons. The lowest BCUT2D eigenvalue weighted by Gasteiger charge is -2.17. The summed E-state index contributed by atoms with van der Waals surface area (Å²) in [6, 6.07) is 0. The van der Waals surface area contributed by atoms with Gasteiger partial charge in [-0.1, -0.05) is 0 Å². The molecule has 0 unspecified atom stereocenters. The van der Waals surface area contributed by atoms with Crippen LogP contribution in [0, 0.1) is 5.92 Å². The van der Waals surface area contributed by atoms with E-state index in [9.17, 15) is 13.5 Å². The number of aromatic nitrogens is 2. The standard InChI is InChI=1S/C11H20N4O3S/c1-14(2)19(17,18)7-9-4-15(6-11(9)16)5-10-3-12-8-13-10/h3,8-9,11,16H,4-7H2,1-2H3,(H,12,13)/t9-,11+/m0/s1. The molecule has 1 aromatic rings. The van der Waals surface area contributed by atoms with E-state index in [1.54, 1.807) is 12.5 Å². The molecule has 2 heterocycles. The number of sulfonamides is 1. The summed E-state index contributed by atoms with van der Waals surface area (Å²) in [4.78, 5) is 8.97. The van der Waals surface area contributed by atoms with E-state index in [1.165, 1.54) is 18.4 Å². The van der Waals surface area contributed by atoms with Crippen molar-refractivity contribution >= 4 is 10.0 Å². The summed E-state index contributed by atoms with van der Waals surface area (Å²) in [5.41, 5.74) is 0.961. The van der Waals surface area contributed by atoms with Crippen LogP contribution < -0.4 is 0 Å². The Bertz CT molecular complexity index is 500. The normalized spacial score (nSPS) is 25.3. The third-order valence-electron chi connectivity index (χ3n) is 3.41. The van der Waals surface area contributed by atoms with Crippen molar-refractivity contribution in [1.82, 2.24) is 19.2 Å². The molecule has 0 radical (unpaired) electrons. The van der Waals surface area contributed by atoms with Crippen LogP contribution in [0.1, 0.15) is 5.69 Å². The molecule has 0 saturated carbocycles. The monoisotopic (exact) mass is 288 g/mol. The summed E-state index contributed by atoms with van der Waals surface area (Å²) >= 11 is 0. The van der Waals surface area contributed by atoms with E-state index in [4.69, 9.17) is 0 Å². The third-order valence-corrected chi connectivity index (χ3v) is 5.37. The Kier molecular flexibility index (Phi) is 4.24. The Morgan fingerprint density at radius 2 is 2.26 bits per heavy atom. The molecule has 1 aliphatic heterocycles. The lowest BCUT2D eigenvalue weighted by atomic mass is 10.1. The van der Waals surface area contributed by atoms with Crippen molar-refractivity contribution in [1.29, 1.82) is 0 Å². The average Bonchev–Trinajstić information content (AvgIpc) is 2.90. The molecule has 0 amide bonds. The fourth-order valence-corrected chi connectivity index (χ4v) is 3.43. The van der Waals surface area contributed by atoms with Crippen molar-refractivity contribution in [3.8, 4) is 0 Å². The smallest absolute Gasteiger partial charge is 0.214 e. The van der Waals surface area contributed by atoms with E-state index in [2.05, 4.69) is 9.97 Å². The summed E-state index contributed by atoms with van der Waals surface area (Å²) in [5.74, 6) is -0.254. The summed E-state index contributed by atoms with van der Waals surface area (Å²) in [7, 11) is -0.248. The van der Waals surface area contributed by atoms with Gasteiger partial charge in [-0.2, -0.15) is 0 Å². The number of nitrogens with zero attached hydrogens (tertiary/aromatic N) is 3. The predicted octanol–water partition coefficient (Wildman–Crippen LogP) is -0.906.